The predicted octanol–water partition coefficient (Wildman–Crippen LogP) is 12.9. The molecular formula is C49H31N3O. The van der Waals surface area contributed by atoms with E-state index in [0.717, 1.165) is 71.7 Å². The van der Waals surface area contributed by atoms with Crippen LogP contribution in [0.5, 0.6) is 0 Å². The maximum atomic E-state index is 6.27. The van der Waals surface area contributed by atoms with Crippen LogP contribution in [0.15, 0.2) is 192 Å². The van der Waals surface area contributed by atoms with Gasteiger partial charge in [-0.3, -0.25) is 0 Å². The van der Waals surface area contributed by atoms with Gasteiger partial charge in [-0.15, -0.1) is 0 Å². The van der Waals surface area contributed by atoms with E-state index in [1.165, 1.54) is 11.1 Å². The average Bonchev–Trinajstić information content (AvgIpc) is 3.62. The van der Waals surface area contributed by atoms with Crippen LogP contribution in [0, 0.1) is 0 Å². The number of fused-ring (bicyclic) bond motifs is 4. The summed E-state index contributed by atoms with van der Waals surface area (Å²) in [7, 11) is 0. The number of hydrogen-bond acceptors (Lipinski definition) is 4. The second kappa shape index (κ2) is 12.9. The molecule has 248 valence electrons. The summed E-state index contributed by atoms with van der Waals surface area (Å²) in [6.07, 6.45) is 0. The molecule has 0 amide bonds. The van der Waals surface area contributed by atoms with Crippen LogP contribution in [0.3, 0.4) is 0 Å². The molecule has 10 aromatic rings. The second-order valence-corrected chi connectivity index (χ2v) is 13.2. The first-order chi connectivity index (χ1) is 26.3. The highest BCUT2D eigenvalue weighted by Gasteiger charge is 2.19. The van der Waals surface area contributed by atoms with Gasteiger partial charge in [0.25, 0.3) is 0 Å². The summed E-state index contributed by atoms with van der Waals surface area (Å²) >= 11 is 0. The van der Waals surface area contributed by atoms with E-state index in [1.807, 2.05) is 48.5 Å². The zero-order valence-electron chi connectivity index (χ0n) is 28.6. The molecule has 0 unspecified atom stereocenters. The Bertz CT molecular complexity index is 2940. The molecule has 0 radical (unpaired) electrons. The van der Waals surface area contributed by atoms with Gasteiger partial charge in [0.05, 0.1) is 0 Å². The summed E-state index contributed by atoms with van der Waals surface area (Å²) in [6.45, 7) is 0. The van der Waals surface area contributed by atoms with Crippen molar-refractivity contribution < 1.29 is 4.42 Å². The number of rotatable bonds is 6. The molecule has 0 fully saturated rings. The number of furan rings is 1. The van der Waals surface area contributed by atoms with Gasteiger partial charge in [0.2, 0.25) is 0 Å². The van der Waals surface area contributed by atoms with Crippen LogP contribution in [0.2, 0.25) is 0 Å². The third-order valence-electron chi connectivity index (χ3n) is 9.97. The molecule has 0 N–H and O–H groups in total. The lowest BCUT2D eigenvalue weighted by molar-refractivity contribution is 0.669. The van der Waals surface area contributed by atoms with Gasteiger partial charge >= 0.3 is 0 Å². The monoisotopic (exact) mass is 677 g/mol. The van der Waals surface area contributed by atoms with Crippen LogP contribution in [-0.2, 0) is 0 Å². The van der Waals surface area contributed by atoms with Crippen molar-refractivity contribution in [3.63, 3.8) is 0 Å². The molecule has 0 aliphatic rings. The zero-order valence-corrected chi connectivity index (χ0v) is 28.6. The maximum Gasteiger partial charge on any atom is 0.164 e. The molecule has 0 saturated heterocycles. The minimum absolute atomic E-state index is 0.614. The van der Waals surface area contributed by atoms with Crippen LogP contribution in [0.1, 0.15) is 0 Å². The molecule has 0 saturated carbocycles. The quantitative estimate of drug-likeness (QED) is 0.176. The number of para-hydroxylation sites is 1. The molecule has 0 aliphatic heterocycles. The van der Waals surface area contributed by atoms with Crippen LogP contribution < -0.4 is 0 Å². The van der Waals surface area contributed by atoms with Crippen molar-refractivity contribution in [2.75, 3.05) is 0 Å². The first-order valence-corrected chi connectivity index (χ1v) is 17.8. The van der Waals surface area contributed by atoms with Crippen molar-refractivity contribution in [3.05, 3.63) is 188 Å². The van der Waals surface area contributed by atoms with Crippen LogP contribution >= 0.6 is 0 Å². The first kappa shape index (κ1) is 30.6. The summed E-state index contributed by atoms with van der Waals surface area (Å²) < 4.78 is 6.27. The lowest BCUT2D eigenvalue weighted by Gasteiger charge is -2.15. The summed E-state index contributed by atoms with van der Waals surface area (Å²) in [5.74, 6) is 1.87. The van der Waals surface area contributed by atoms with Crippen molar-refractivity contribution in [3.8, 4) is 67.5 Å². The van der Waals surface area contributed by atoms with Gasteiger partial charge in [-0.05, 0) is 74.5 Å². The highest BCUT2D eigenvalue weighted by molar-refractivity contribution is 6.06. The lowest BCUT2D eigenvalue weighted by atomic mass is 9.93. The van der Waals surface area contributed by atoms with Crippen molar-refractivity contribution in [1.82, 2.24) is 15.0 Å². The second-order valence-electron chi connectivity index (χ2n) is 13.2. The van der Waals surface area contributed by atoms with Gasteiger partial charge in [0.1, 0.15) is 11.2 Å². The molecule has 4 heteroatoms. The van der Waals surface area contributed by atoms with Crippen molar-refractivity contribution >= 4 is 32.7 Å². The minimum Gasteiger partial charge on any atom is -0.456 e. The molecule has 0 spiro atoms. The Morgan fingerprint density at radius 3 is 1.51 bits per heavy atom. The van der Waals surface area contributed by atoms with Gasteiger partial charge in [-0.25, -0.2) is 15.0 Å². The van der Waals surface area contributed by atoms with Crippen molar-refractivity contribution in [1.29, 1.82) is 0 Å². The van der Waals surface area contributed by atoms with Gasteiger partial charge in [0.15, 0.2) is 17.5 Å². The van der Waals surface area contributed by atoms with E-state index in [1.54, 1.807) is 0 Å². The average molecular weight is 678 g/mol. The standard InChI is InChI=1S/C49H31N3O/c1-4-14-32(15-5-1)37-21-12-23-39-38(37)22-13-24-42(39)48-50-47(34-18-8-3-9-19-34)51-49(52-48)43-29-27-35(30-44(43)33-16-6-2-7-17-33)36-26-28-41-40-20-10-11-25-45(40)53-46(41)31-36/h1-31H. The molecule has 0 aliphatic carbocycles. The van der Waals surface area contributed by atoms with E-state index in [0.29, 0.717) is 17.5 Å². The number of benzene rings is 8. The molecule has 4 nitrogen and oxygen atoms in total. The van der Waals surface area contributed by atoms with Crippen LogP contribution in [0.25, 0.3) is 100 Å². The highest BCUT2D eigenvalue weighted by atomic mass is 16.3. The Morgan fingerprint density at radius 1 is 0.264 bits per heavy atom. The normalized spacial score (nSPS) is 11.4. The zero-order chi connectivity index (χ0) is 35.1. The summed E-state index contributed by atoms with van der Waals surface area (Å²) in [4.78, 5) is 15.6. The van der Waals surface area contributed by atoms with E-state index < -0.39 is 0 Å². The molecule has 53 heavy (non-hydrogen) atoms. The van der Waals surface area contributed by atoms with E-state index in [2.05, 4.69) is 140 Å². The Kier molecular flexibility index (Phi) is 7.43. The Hall–Kier alpha value is -7.17. The smallest absolute Gasteiger partial charge is 0.164 e. The van der Waals surface area contributed by atoms with Crippen molar-refractivity contribution in [2.45, 2.75) is 0 Å². The van der Waals surface area contributed by atoms with Crippen molar-refractivity contribution in [2.24, 2.45) is 0 Å². The van der Waals surface area contributed by atoms with Gasteiger partial charge in [-0.2, -0.15) is 0 Å². The minimum atomic E-state index is 0.614. The van der Waals surface area contributed by atoms with Gasteiger partial charge in [0, 0.05) is 27.5 Å². The number of hydrogen-bond donors (Lipinski definition) is 0. The Labute approximate surface area is 306 Å². The maximum absolute atomic E-state index is 6.27. The summed E-state index contributed by atoms with van der Waals surface area (Å²) in [5.41, 5.74) is 11.2. The Balaban J connectivity index is 1.17. The van der Waals surface area contributed by atoms with E-state index in [9.17, 15) is 0 Å². The third-order valence-corrected chi connectivity index (χ3v) is 9.97. The largest absolute Gasteiger partial charge is 0.456 e. The fraction of sp³-hybridized carbons (Fsp3) is 0. The third kappa shape index (κ3) is 5.54. The Morgan fingerprint density at radius 2 is 0.774 bits per heavy atom. The molecule has 2 aromatic heterocycles. The SMILES string of the molecule is c1ccc(-c2nc(-c3ccc(-c4ccc5c(c4)oc4ccccc45)cc3-c3ccccc3)nc(-c3cccc4c(-c5ccccc5)cccc34)n2)cc1. The first-order valence-electron chi connectivity index (χ1n) is 17.8. The summed E-state index contributed by atoms with van der Waals surface area (Å²) in [6, 6.07) is 65.1. The fourth-order valence-electron chi connectivity index (χ4n) is 7.39. The molecule has 8 aromatic carbocycles. The highest BCUT2D eigenvalue weighted by Crippen LogP contribution is 2.39. The topological polar surface area (TPSA) is 51.8 Å². The predicted molar refractivity (Wildman–Crippen MR) is 217 cm³/mol. The lowest BCUT2D eigenvalue weighted by Crippen LogP contribution is -2.01. The van der Waals surface area contributed by atoms with Gasteiger partial charge < -0.3 is 4.42 Å². The molecular weight excluding hydrogens is 647 g/mol. The number of aromatic nitrogens is 3. The molecule has 0 bridgehead atoms. The van der Waals surface area contributed by atoms with E-state index in [-0.39, 0.29) is 0 Å². The van der Waals surface area contributed by atoms with E-state index in [4.69, 9.17) is 19.4 Å². The van der Waals surface area contributed by atoms with E-state index >= 15 is 0 Å². The van der Waals surface area contributed by atoms with Crippen LogP contribution in [0.4, 0.5) is 0 Å². The molecule has 2 heterocycles. The molecule has 0 atom stereocenters. The summed E-state index contributed by atoms with van der Waals surface area (Å²) in [5, 5.41) is 4.47. The fourth-order valence-corrected chi connectivity index (χ4v) is 7.39. The molecule has 10 rings (SSSR count). The number of nitrogens with zero attached hydrogens (tertiary/aromatic N) is 3. The van der Waals surface area contributed by atoms with Gasteiger partial charge in [-0.1, -0.05) is 158 Å². The van der Waals surface area contributed by atoms with Crippen LogP contribution in [-0.4, -0.2) is 15.0 Å².